The maximum atomic E-state index is 12.6. The Bertz CT molecular complexity index is 449. The van der Waals surface area contributed by atoms with Crippen LogP contribution in [0.1, 0.15) is 17.4 Å². The number of hydrogen-bond donors (Lipinski definition) is 2. The lowest BCUT2D eigenvalue weighted by molar-refractivity contribution is -0.145. The summed E-state index contributed by atoms with van der Waals surface area (Å²) in [6.07, 6.45) is 0.878. The van der Waals surface area contributed by atoms with Crippen molar-refractivity contribution in [1.29, 1.82) is 0 Å². The molecule has 0 spiro atoms. The quantitative estimate of drug-likeness (QED) is 0.798. The Morgan fingerprint density at radius 3 is 2.67 bits per heavy atom. The van der Waals surface area contributed by atoms with Crippen LogP contribution in [0, 0.1) is 5.82 Å². The Hall–Kier alpha value is -2.02. The number of nitrogens with zero attached hydrogens (tertiary/aromatic N) is 1. The van der Waals surface area contributed by atoms with Crippen LogP contribution in [0.25, 0.3) is 0 Å². The lowest BCUT2D eigenvalue weighted by Gasteiger charge is -2.24. The second kappa shape index (κ2) is 5.54. The van der Waals surface area contributed by atoms with Gasteiger partial charge >= 0.3 is 5.97 Å². The first kappa shape index (κ1) is 14.0. The fourth-order valence-electron chi connectivity index (χ4n) is 1.26. The minimum absolute atomic E-state index is 0.0695. The van der Waals surface area contributed by atoms with Gasteiger partial charge in [0.05, 0.1) is 12.8 Å². The molecule has 0 saturated heterocycles. The summed E-state index contributed by atoms with van der Waals surface area (Å²) < 4.78 is 17.4. The van der Waals surface area contributed by atoms with Crippen LogP contribution in [0.4, 0.5) is 4.39 Å². The van der Waals surface area contributed by atoms with Crippen LogP contribution in [0.5, 0.6) is 0 Å². The van der Waals surface area contributed by atoms with Gasteiger partial charge in [-0.25, -0.2) is 14.2 Å². The van der Waals surface area contributed by atoms with Crippen LogP contribution in [-0.2, 0) is 9.53 Å². The molecule has 0 aliphatic rings. The van der Waals surface area contributed by atoms with Gasteiger partial charge in [0.15, 0.2) is 5.54 Å². The highest BCUT2D eigenvalue weighted by molar-refractivity contribution is 5.96. The first-order chi connectivity index (χ1) is 8.39. The summed E-state index contributed by atoms with van der Waals surface area (Å²) in [4.78, 5) is 26.4. The van der Waals surface area contributed by atoms with E-state index >= 15 is 0 Å². The highest BCUT2D eigenvalue weighted by Gasteiger charge is 2.35. The van der Waals surface area contributed by atoms with Crippen molar-refractivity contribution in [2.75, 3.05) is 13.7 Å². The van der Waals surface area contributed by atoms with Gasteiger partial charge in [-0.3, -0.25) is 4.79 Å². The lowest BCUT2D eigenvalue weighted by atomic mass is 10.0. The van der Waals surface area contributed by atoms with Crippen LogP contribution in [0.15, 0.2) is 18.3 Å². The zero-order valence-electron chi connectivity index (χ0n) is 9.94. The largest absolute Gasteiger partial charge is 0.479 e. The average molecular weight is 256 g/mol. The molecule has 1 atom stereocenters. The molecule has 1 rings (SSSR count). The van der Waals surface area contributed by atoms with Crippen molar-refractivity contribution in [3.05, 3.63) is 29.8 Å². The maximum Gasteiger partial charge on any atom is 0.331 e. The molecular weight excluding hydrogens is 243 g/mol. The fraction of sp³-hybridized carbons (Fsp3) is 0.364. The Morgan fingerprint density at radius 1 is 1.56 bits per heavy atom. The topological polar surface area (TPSA) is 88.5 Å². The zero-order chi connectivity index (χ0) is 13.8. The number of aromatic nitrogens is 1. The number of carbonyl (C=O) groups excluding carboxylic acids is 1. The summed E-state index contributed by atoms with van der Waals surface area (Å²) in [5.41, 5.74) is -1.64. The van der Waals surface area contributed by atoms with E-state index in [1.54, 1.807) is 0 Å². The zero-order valence-corrected chi connectivity index (χ0v) is 9.94. The van der Waals surface area contributed by atoms with Crippen molar-refractivity contribution >= 4 is 11.9 Å². The van der Waals surface area contributed by atoms with E-state index in [0.717, 1.165) is 12.3 Å². The van der Waals surface area contributed by atoms with E-state index in [9.17, 15) is 14.0 Å². The van der Waals surface area contributed by atoms with E-state index in [2.05, 4.69) is 10.3 Å². The monoisotopic (exact) mass is 256 g/mol. The number of rotatable bonds is 5. The van der Waals surface area contributed by atoms with E-state index in [0.29, 0.717) is 0 Å². The molecule has 0 bridgehead atoms. The number of carbonyl (C=O) groups is 2. The molecule has 1 aromatic heterocycles. The van der Waals surface area contributed by atoms with Crippen molar-refractivity contribution < 1.29 is 23.8 Å². The molecule has 1 aromatic rings. The van der Waals surface area contributed by atoms with Crippen molar-refractivity contribution in [1.82, 2.24) is 10.3 Å². The summed E-state index contributed by atoms with van der Waals surface area (Å²) in [5, 5.41) is 11.3. The summed E-state index contributed by atoms with van der Waals surface area (Å²) >= 11 is 0. The number of halogens is 1. The van der Waals surface area contributed by atoms with Gasteiger partial charge in [0, 0.05) is 7.11 Å². The normalized spacial score (nSPS) is 13.7. The van der Waals surface area contributed by atoms with Crippen LogP contribution in [-0.4, -0.2) is 41.2 Å². The molecule has 7 heteroatoms. The Kier molecular flexibility index (Phi) is 4.33. The van der Waals surface area contributed by atoms with Crippen LogP contribution >= 0.6 is 0 Å². The first-order valence-corrected chi connectivity index (χ1v) is 5.05. The van der Waals surface area contributed by atoms with Crippen molar-refractivity contribution in [3.8, 4) is 0 Å². The molecule has 0 aliphatic heterocycles. The van der Waals surface area contributed by atoms with Gasteiger partial charge in [0.2, 0.25) is 0 Å². The molecule has 1 heterocycles. The summed E-state index contributed by atoms with van der Waals surface area (Å²) in [5.74, 6) is -2.53. The number of amides is 1. The van der Waals surface area contributed by atoms with E-state index < -0.39 is 23.2 Å². The highest BCUT2D eigenvalue weighted by atomic mass is 19.1. The predicted octanol–water partition coefficient (Wildman–Crippen LogP) is 0.440. The molecule has 6 nitrogen and oxygen atoms in total. The third-order valence-corrected chi connectivity index (χ3v) is 2.25. The average Bonchev–Trinajstić information content (AvgIpc) is 2.29. The second-order valence-electron chi connectivity index (χ2n) is 3.89. The van der Waals surface area contributed by atoms with Crippen LogP contribution < -0.4 is 5.32 Å². The molecule has 0 aromatic carbocycles. The molecule has 1 unspecified atom stereocenters. The van der Waals surface area contributed by atoms with Gasteiger partial charge in [-0.1, -0.05) is 0 Å². The molecule has 98 valence electrons. The van der Waals surface area contributed by atoms with Crippen molar-refractivity contribution in [2.24, 2.45) is 0 Å². The lowest BCUT2D eigenvalue weighted by Crippen LogP contribution is -2.55. The minimum atomic E-state index is -1.57. The number of carboxylic acid groups (broad SMARTS) is 1. The van der Waals surface area contributed by atoms with Crippen molar-refractivity contribution in [2.45, 2.75) is 12.5 Å². The van der Waals surface area contributed by atoms with Crippen LogP contribution in [0.2, 0.25) is 0 Å². The minimum Gasteiger partial charge on any atom is -0.479 e. The summed E-state index contributed by atoms with van der Waals surface area (Å²) in [6, 6.07) is 2.23. The molecular formula is C11H13FN2O4. The highest BCUT2D eigenvalue weighted by Crippen LogP contribution is 2.07. The van der Waals surface area contributed by atoms with E-state index in [1.165, 1.54) is 20.1 Å². The first-order valence-electron chi connectivity index (χ1n) is 5.05. The van der Waals surface area contributed by atoms with Crippen LogP contribution in [0.3, 0.4) is 0 Å². The third-order valence-electron chi connectivity index (χ3n) is 2.25. The van der Waals surface area contributed by atoms with E-state index in [4.69, 9.17) is 9.84 Å². The Balaban J connectivity index is 2.85. The fourth-order valence-corrected chi connectivity index (χ4v) is 1.26. The summed E-state index contributed by atoms with van der Waals surface area (Å²) in [7, 11) is 1.32. The van der Waals surface area contributed by atoms with Gasteiger partial charge in [-0.15, -0.1) is 0 Å². The van der Waals surface area contributed by atoms with Gasteiger partial charge in [0.1, 0.15) is 11.5 Å². The third kappa shape index (κ3) is 3.24. The van der Waals surface area contributed by atoms with E-state index in [-0.39, 0.29) is 12.3 Å². The number of carboxylic acids is 1. The van der Waals surface area contributed by atoms with Gasteiger partial charge in [0.25, 0.3) is 5.91 Å². The molecule has 0 radical (unpaired) electrons. The second-order valence-corrected chi connectivity index (χ2v) is 3.89. The molecule has 0 saturated carbocycles. The molecule has 1 amide bonds. The van der Waals surface area contributed by atoms with Crippen molar-refractivity contribution in [3.63, 3.8) is 0 Å². The number of aliphatic carboxylic acids is 1. The molecule has 0 fully saturated rings. The predicted molar refractivity (Wildman–Crippen MR) is 59.6 cm³/mol. The van der Waals surface area contributed by atoms with E-state index in [1.807, 2.05) is 0 Å². The van der Waals surface area contributed by atoms with Gasteiger partial charge < -0.3 is 15.2 Å². The number of pyridine rings is 1. The number of nitrogens with one attached hydrogen (secondary N) is 1. The Labute approximate surface area is 103 Å². The van der Waals surface area contributed by atoms with Gasteiger partial charge in [-0.2, -0.15) is 0 Å². The Morgan fingerprint density at radius 2 is 2.22 bits per heavy atom. The molecule has 2 N–H and O–H groups in total. The molecule has 18 heavy (non-hydrogen) atoms. The maximum absolute atomic E-state index is 12.6. The number of hydrogen-bond acceptors (Lipinski definition) is 4. The molecule has 0 aliphatic carbocycles. The summed E-state index contributed by atoms with van der Waals surface area (Å²) in [6.45, 7) is 1.11. The van der Waals surface area contributed by atoms with Gasteiger partial charge in [-0.05, 0) is 19.1 Å². The standard InChI is InChI=1S/C11H13FN2O4/c1-11(6-18-2,10(16)17)14-9(15)8-4-3-7(12)5-13-8/h3-5H,6H2,1-2H3,(H,14,15)(H,16,17). The number of ether oxygens (including phenoxy) is 1. The SMILES string of the molecule is COCC(C)(NC(=O)c1ccc(F)cn1)C(=O)O. The smallest absolute Gasteiger partial charge is 0.331 e. The number of methoxy groups -OCH3 is 1.